The van der Waals surface area contributed by atoms with E-state index in [-0.39, 0.29) is 10.8 Å². The molecule has 1 aromatic carbocycles. The summed E-state index contributed by atoms with van der Waals surface area (Å²) in [4.78, 5) is 14.2. The van der Waals surface area contributed by atoms with Crippen LogP contribution in [-0.2, 0) is 9.73 Å². The highest BCUT2D eigenvalue weighted by molar-refractivity contribution is 7.93. The van der Waals surface area contributed by atoms with E-state index in [4.69, 9.17) is 4.78 Å². The Hall–Kier alpha value is -1.56. The van der Waals surface area contributed by atoms with Crippen LogP contribution in [0.1, 0.15) is 48.9 Å². The van der Waals surface area contributed by atoms with Gasteiger partial charge >= 0.3 is 5.97 Å². The fourth-order valence-corrected chi connectivity index (χ4v) is 5.38. The molecule has 1 saturated heterocycles. The minimum absolute atomic E-state index is 0.0536. The zero-order valence-electron chi connectivity index (χ0n) is 13.1. The van der Waals surface area contributed by atoms with Gasteiger partial charge in [-0.15, -0.1) is 0 Å². The monoisotopic (exact) mass is 334 g/mol. The van der Waals surface area contributed by atoms with E-state index in [0.29, 0.717) is 16.0 Å². The molecule has 2 N–H and O–H groups in total. The van der Waals surface area contributed by atoms with Crippen molar-refractivity contribution in [3.8, 4) is 0 Å². The Balaban J connectivity index is 1.69. The second-order valence-electron chi connectivity index (χ2n) is 7.27. The molecule has 0 radical (unpaired) electrons. The average Bonchev–Trinajstić information content (AvgIpc) is 3.42. The van der Waals surface area contributed by atoms with Crippen LogP contribution in [-0.4, -0.2) is 33.6 Å². The summed E-state index contributed by atoms with van der Waals surface area (Å²) in [5, 5.41) is 9.43. The summed E-state index contributed by atoms with van der Waals surface area (Å²) >= 11 is 0. The second kappa shape index (κ2) is 4.97. The Morgan fingerprint density at radius 2 is 1.87 bits per heavy atom. The van der Waals surface area contributed by atoms with E-state index in [9.17, 15) is 14.1 Å². The zero-order valence-corrected chi connectivity index (χ0v) is 13.9. The first kappa shape index (κ1) is 15.0. The van der Waals surface area contributed by atoms with E-state index in [0.717, 1.165) is 38.8 Å². The highest BCUT2D eigenvalue weighted by Gasteiger charge is 2.44. The van der Waals surface area contributed by atoms with Crippen LogP contribution < -0.4 is 4.90 Å². The summed E-state index contributed by atoms with van der Waals surface area (Å²) in [6.07, 6.45) is 6.49. The van der Waals surface area contributed by atoms with Crippen LogP contribution in [0.15, 0.2) is 23.1 Å². The van der Waals surface area contributed by atoms with Gasteiger partial charge in [-0.05, 0) is 62.1 Å². The number of nitrogens with zero attached hydrogens (tertiary/aromatic N) is 1. The van der Waals surface area contributed by atoms with Crippen molar-refractivity contribution in [2.45, 2.75) is 48.7 Å². The molecule has 124 valence electrons. The van der Waals surface area contributed by atoms with Crippen molar-refractivity contribution in [1.82, 2.24) is 0 Å². The van der Waals surface area contributed by atoms with Gasteiger partial charge in [0.1, 0.15) is 0 Å². The predicted molar refractivity (Wildman–Crippen MR) is 88.7 cm³/mol. The van der Waals surface area contributed by atoms with Crippen LogP contribution >= 0.6 is 0 Å². The van der Waals surface area contributed by atoms with Crippen molar-refractivity contribution < 1.29 is 14.1 Å². The summed E-state index contributed by atoms with van der Waals surface area (Å²) < 4.78 is 20.9. The van der Waals surface area contributed by atoms with Crippen LogP contribution in [0.4, 0.5) is 5.69 Å². The van der Waals surface area contributed by atoms with Crippen LogP contribution in [0.5, 0.6) is 0 Å². The van der Waals surface area contributed by atoms with Gasteiger partial charge in [-0.3, -0.25) is 0 Å². The number of aromatic carboxylic acids is 1. The largest absolute Gasteiger partial charge is 0.478 e. The number of hydrogen-bond acceptors (Lipinski definition) is 4. The number of rotatable bonds is 4. The van der Waals surface area contributed by atoms with Crippen molar-refractivity contribution in [2.24, 2.45) is 5.41 Å². The maximum atomic E-state index is 12.7. The van der Waals surface area contributed by atoms with Gasteiger partial charge in [0, 0.05) is 23.2 Å². The number of piperidine rings is 1. The first-order valence-corrected chi connectivity index (χ1v) is 9.93. The highest BCUT2D eigenvalue weighted by atomic mass is 32.2. The Morgan fingerprint density at radius 1 is 1.22 bits per heavy atom. The average molecular weight is 334 g/mol. The SMILES string of the molecule is N=S(=O)(c1ccc(C(=O)O)c(N2CCC3(CC2)CC3)c1)C1CC1. The number of nitrogens with one attached hydrogen (secondary N) is 1. The summed E-state index contributed by atoms with van der Waals surface area (Å²) in [7, 11) is -2.80. The molecule has 1 unspecified atom stereocenters. The number of carbonyl (C=O) groups is 1. The fraction of sp³-hybridized carbons (Fsp3) is 0.588. The predicted octanol–water partition coefficient (Wildman–Crippen LogP) is 3.33. The Bertz CT molecular complexity index is 754. The lowest BCUT2D eigenvalue weighted by atomic mass is 9.93. The number of benzene rings is 1. The lowest BCUT2D eigenvalue weighted by Gasteiger charge is -2.34. The van der Waals surface area contributed by atoms with Gasteiger partial charge in [0.25, 0.3) is 0 Å². The number of carboxylic acid groups (broad SMARTS) is 1. The minimum Gasteiger partial charge on any atom is -0.478 e. The van der Waals surface area contributed by atoms with Gasteiger partial charge < -0.3 is 10.0 Å². The third kappa shape index (κ3) is 2.63. The molecule has 0 amide bonds. The molecule has 1 aromatic rings. The van der Waals surface area contributed by atoms with Crippen molar-refractivity contribution in [3.63, 3.8) is 0 Å². The van der Waals surface area contributed by atoms with E-state index in [1.54, 1.807) is 12.1 Å². The van der Waals surface area contributed by atoms with E-state index in [1.165, 1.54) is 18.9 Å². The van der Waals surface area contributed by atoms with Gasteiger partial charge in [-0.1, -0.05) is 0 Å². The first-order valence-electron chi connectivity index (χ1n) is 8.31. The molecule has 1 heterocycles. The van der Waals surface area contributed by atoms with Crippen molar-refractivity contribution in [3.05, 3.63) is 23.8 Å². The molecule has 0 aromatic heterocycles. The maximum Gasteiger partial charge on any atom is 0.337 e. The number of hydrogen-bond donors (Lipinski definition) is 2. The normalized spacial score (nSPS) is 25.1. The van der Waals surface area contributed by atoms with E-state index < -0.39 is 15.7 Å². The number of anilines is 1. The molecule has 1 aliphatic heterocycles. The van der Waals surface area contributed by atoms with E-state index >= 15 is 0 Å². The standard InChI is InChI=1S/C17H22N2O3S/c18-23(22,12-1-2-12)13-3-4-14(16(20)21)15(11-13)19-9-7-17(5-6-17)8-10-19/h3-4,11-12,18H,1-2,5-10H2,(H,20,21). The molecule has 2 saturated carbocycles. The van der Waals surface area contributed by atoms with Crippen LogP contribution in [0.25, 0.3) is 0 Å². The van der Waals surface area contributed by atoms with Gasteiger partial charge in [0.15, 0.2) is 0 Å². The number of carboxylic acids is 1. The zero-order chi connectivity index (χ0) is 16.2. The van der Waals surface area contributed by atoms with Gasteiger partial charge in [-0.2, -0.15) is 0 Å². The molecule has 5 nitrogen and oxygen atoms in total. The smallest absolute Gasteiger partial charge is 0.337 e. The highest BCUT2D eigenvalue weighted by Crippen LogP contribution is 2.54. The summed E-state index contributed by atoms with van der Waals surface area (Å²) in [6, 6.07) is 4.82. The molecule has 3 fully saturated rings. The molecule has 4 rings (SSSR count). The van der Waals surface area contributed by atoms with Crippen LogP contribution in [0.3, 0.4) is 0 Å². The van der Waals surface area contributed by atoms with Crippen molar-refractivity contribution in [2.75, 3.05) is 18.0 Å². The maximum absolute atomic E-state index is 12.7. The molecule has 0 bridgehead atoms. The van der Waals surface area contributed by atoms with Gasteiger partial charge in [0.05, 0.1) is 21.0 Å². The van der Waals surface area contributed by atoms with Crippen molar-refractivity contribution in [1.29, 1.82) is 4.78 Å². The van der Waals surface area contributed by atoms with Crippen LogP contribution in [0, 0.1) is 10.2 Å². The van der Waals surface area contributed by atoms with E-state index in [1.807, 2.05) is 0 Å². The summed E-state index contributed by atoms with van der Waals surface area (Å²) in [6.45, 7) is 1.71. The molecule has 1 atom stereocenters. The first-order chi connectivity index (χ1) is 10.9. The lowest BCUT2D eigenvalue weighted by molar-refractivity contribution is 0.0697. The van der Waals surface area contributed by atoms with Crippen molar-refractivity contribution >= 4 is 21.4 Å². The Kier molecular flexibility index (Phi) is 3.24. The molecule has 1 spiro atoms. The third-order valence-corrected chi connectivity index (χ3v) is 8.03. The van der Waals surface area contributed by atoms with Gasteiger partial charge in [-0.25, -0.2) is 13.8 Å². The Morgan fingerprint density at radius 3 is 2.39 bits per heavy atom. The molecule has 3 aliphatic rings. The molecule has 23 heavy (non-hydrogen) atoms. The third-order valence-electron chi connectivity index (χ3n) is 5.67. The second-order valence-corrected chi connectivity index (χ2v) is 9.61. The topological polar surface area (TPSA) is 81.5 Å². The van der Waals surface area contributed by atoms with E-state index in [2.05, 4.69) is 4.90 Å². The quantitative estimate of drug-likeness (QED) is 0.885. The molecule has 6 heteroatoms. The Labute approximate surface area is 136 Å². The molecule has 2 aliphatic carbocycles. The van der Waals surface area contributed by atoms with Gasteiger partial charge in [0.2, 0.25) is 0 Å². The summed E-state index contributed by atoms with van der Waals surface area (Å²) in [5.41, 5.74) is 1.42. The molecular formula is C17H22N2O3S. The fourth-order valence-electron chi connectivity index (χ4n) is 3.63. The van der Waals surface area contributed by atoms with Crippen LogP contribution in [0.2, 0.25) is 0 Å². The lowest BCUT2D eigenvalue weighted by Crippen LogP contribution is -2.35. The minimum atomic E-state index is -2.80. The molecular weight excluding hydrogens is 312 g/mol. The summed E-state index contributed by atoms with van der Waals surface area (Å²) in [5.74, 6) is -0.957.